The second kappa shape index (κ2) is 3.96. The number of hydrogen-bond donors (Lipinski definition) is 1. The average Bonchev–Trinajstić information content (AvgIpc) is 2.40. The summed E-state index contributed by atoms with van der Waals surface area (Å²) in [7, 11) is 1.63. The van der Waals surface area contributed by atoms with E-state index in [1.807, 2.05) is 6.07 Å². The summed E-state index contributed by atoms with van der Waals surface area (Å²) in [4.78, 5) is 6.49. The molecule has 0 aromatic carbocycles. The van der Waals surface area contributed by atoms with Gasteiger partial charge in [0.15, 0.2) is 0 Å². The number of nitrogens with zero attached hydrogens (tertiary/aromatic N) is 2. The van der Waals surface area contributed by atoms with E-state index in [0.717, 1.165) is 38.0 Å². The molecule has 3 aliphatic heterocycles. The first-order valence-electron chi connectivity index (χ1n) is 6.16. The molecular weight excluding hydrogens is 216 g/mol. The quantitative estimate of drug-likeness (QED) is 0.829. The molecular formula is C13H18N2O2. The minimum atomic E-state index is -0.738. The standard InChI is InChI=1S/C13H18N2O2/c1-17-12-6-11(7-14-8-12)13(16)9-15-4-2-10(13)3-5-15/h6-8,10,16H,2-5,9H2,1H3. The van der Waals surface area contributed by atoms with Gasteiger partial charge in [0.05, 0.1) is 13.3 Å². The third kappa shape index (κ3) is 1.72. The lowest BCUT2D eigenvalue weighted by atomic mass is 9.72. The van der Waals surface area contributed by atoms with Crippen molar-refractivity contribution < 1.29 is 9.84 Å². The van der Waals surface area contributed by atoms with Gasteiger partial charge in [-0.25, -0.2) is 0 Å². The van der Waals surface area contributed by atoms with E-state index in [1.54, 1.807) is 19.5 Å². The van der Waals surface area contributed by atoms with Gasteiger partial charge in [-0.15, -0.1) is 0 Å². The number of pyridine rings is 1. The molecule has 1 aromatic rings. The molecule has 0 saturated carbocycles. The molecule has 3 saturated heterocycles. The molecule has 4 heteroatoms. The number of methoxy groups -OCH3 is 1. The van der Waals surface area contributed by atoms with Gasteiger partial charge < -0.3 is 14.7 Å². The fourth-order valence-electron chi connectivity index (χ4n) is 3.13. The molecule has 4 nitrogen and oxygen atoms in total. The summed E-state index contributed by atoms with van der Waals surface area (Å²) in [5.74, 6) is 1.08. The molecule has 0 radical (unpaired) electrons. The highest BCUT2D eigenvalue weighted by atomic mass is 16.5. The molecule has 1 N–H and O–H groups in total. The summed E-state index contributed by atoms with van der Waals surface area (Å²) in [5.41, 5.74) is 0.157. The summed E-state index contributed by atoms with van der Waals surface area (Å²) >= 11 is 0. The van der Waals surface area contributed by atoms with Gasteiger partial charge in [0.2, 0.25) is 0 Å². The lowest BCUT2D eigenvalue weighted by molar-refractivity contribution is -0.118. The third-order valence-corrected chi connectivity index (χ3v) is 4.18. The van der Waals surface area contributed by atoms with Crippen molar-refractivity contribution in [1.82, 2.24) is 9.88 Å². The lowest BCUT2D eigenvalue weighted by Gasteiger charge is -2.50. The zero-order valence-electron chi connectivity index (χ0n) is 10.1. The summed E-state index contributed by atoms with van der Waals surface area (Å²) in [6, 6.07) is 1.91. The number of ether oxygens (including phenoxy) is 1. The van der Waals surface area contributed by atoms with Gasteiger partial charge in [-0.05, 0) is 37.9 Å². The van der Waals surface area contributed by atoms with E-state index in [1.165, 1.54) is 0 Å². The van der Waals surface area contributed by atoms with Crippen molar-refractivity contribution in [3.63, 3.8) is 0 Å². The van der Waals surface area contributed by atoms with E-state index < -0.39 is 5.60 Å². The highest BCUT2D eigenvalue weighted by Gasteiger charge is 2.46. The number of aliphatic hydroxyl groups is 1. The molecule has 0 spiro atoms. The van der Waals surface area contributed by atoms with Crippen LogP contribution in [-0.2, 0) is 5.60 Å². The van der Waals surface area contributed by atoms with E-state index in [-0.39, 0.29) is 0 Å². The molecule has 1 aromatic heterocycles. The van der Waals surface area contributed by atoms with Gasteiger partial charge in [0.1, 0.15) is 11.4 Å². The van der Waals surface area contributed by atoms with Gasteiger partial charge in [0.25, 0.3) is 0 Å². The molecule has 1 unspecified atom stereocenters. The number of hydrogen-bond acceptors (Lipinski definition) is 4. The summed E-state index contributed by atoms with van der Waals surface area (Å²) in [6.45, 7) is 2.96. The Hall–Kier alpha value is -1.13. The Morgan fingerprint density at radius 3 is 2.76 bits per heavy atom. The van der Waals surface area contributed by atoms with Crippen LogP contribution in [0, 0.1) is 5.92 Å². The van der Waals surface area contributed by atoms with Crippen molar-refractivity contribution in [3.05, 3.63) is 24.0 Å². The van der Waals surface area contributed by atoms with E-state index in [4.69, 9.17) is 4.74 Å². The van der Waals surface area contributed by atoms with Crippen LogP contribution in [0.25, 0.3) is 0 Å². The lowest BCUT2D eigenvalue weighted by Crippen LogP contribution is -2.57. The first kappa shape index (κ1) is 11.0. The average molecular weight is 234 g/mol. The summed E-state index contributed by atoms with van der Waals surface area (Å²) in [5, 5.41) is 10.9. The maximum atomic E-state index is 10.9. The predicted molar refractivity (Wildman–Crippen MR) is 63.8 cm³/mol. The topological polar surface area (TPSA) is 45.6 Å². The van der Waals surface area contributed by atoms with Gasteiger partial charge in [-0.2, -0.15) is 0 Å². The maximum absolute atomic E-state index is 10.9. The second-order valence-corrected chi connectivity index (χ2v) is 5.09. The van der Waals surface area contributed by atoms with Gasteiger partial charge in [-0.3, -0.25) is 4.98 Å². The first-order chi connectivity index (χ1) is 8.22. The molecule has 3 aliphatic rings. The molecule has 4 rings (SSSR count). The number of rotatable bonds is 2. The maximum Gasteiger partial charge on any atom is 0.137 e. The fraction of sp³-hybridized carbons (Fsp3) is 0.615. The Kier molecular flexibility index (Phi) is 2.56. The van der Waals surface area contributed by atoms with Crippen molar-refractivity contribution in [3.8, 4) is 5.75 Å². The largest absolute Gasteiger partial charge is 0.495 e. The third-order valence-electron chi connectivity index (χ3n) is 4.18. The highest BCUT2D eigenvalue weighted by Crippen LogP contribution is 2.42. The van der Waals surface area contributed by atoms with Crippen molar-refractivity contribution in [2.45, 2.75) is 18.4 Å². The van der Waals surface area contributed by atoms with Crippen LogP contribution in [-0.4, -0.2) is 41.7 Å². The Morgan fingerprint density at radius 2 is 2.18 bits per heavy atom. The number of piperidine rings is 3. The van der Waals surface area contributed by atoms with Crippen molar-refractivity contribution in [2.24, 2.45) is 5.92 Å². The number of fused-ring (bicyclic) bond motifs is 3. The van der Waals surface area contributed by atoms with E-state index in [9.17, 15) is 5.11 Å². The molecule has 17 heavy (non-hydrogen) atoms. The Balaban J connectivity index is 1.96. The predicted octanol–water partition coefficient (Wildman–Crippen LogP) is 1.00. The highest BCUT2D eigenvalue weighted by molar-refractivity contribution is 5.30. The molecule has 0 aliphatic carbocycles. The van der Waals surface area contributed by atoms with Crippen molar-refractivity contribution >= 4 is 0 Å². The van der Waals surface area contributed by atoms with Gasteiger partial charge in [0, 0.05) is 18.3 Å². The van der Waals surface area contributed by atoms with E-state index in [0.29, 0.717) is 11.7 Å². The summed E-state index contributed by atoms with van der Waals surface area (Å²) < 4.78 is 5.18. The van der Waals surface area contributed by atoms with Crippen molar-refractivity contribution in [1.29, 1.82) is 0 Å². The van der Waals surface area contributed by atoms with Crippen LogP contribution >= 0.6 is 0 Å². The molecule has 1 atom stereocenters. The van der Waals surface area contributed by atoms with Crippen LogP contribution in [0.5, 0.6) is 5.75 Å². The Bertz CT molecular complexity index is 416. The Labute approximate surface area is 101 Å². The van der Waals surface area contributed by atoms with Crippen molar-refractivity contribution in [2.75, 3.05) is 26.7 Å². The molecule has 2 bridgehead atoms. The van der Waals surface area contributed by atoms with Crippen LogP contribution in [0.15, 0.2) is 18.5 Å². The summed E-state index contributed by atoms with van der Waals surface area (Å²) in [6.07, 6.45) is 5.60. The second-order valence-electron chi connectivity index (χ2n) is 5.09. The molecule has 92 valence electrons. The van der Waals surface area contributed by atoms with E-state index >= 15 is 0 Å². The van der Waals surface area contributed by atoms with Crippen LogP contribution in [0.2, 0.25) is 0 Å². The van der Waals surface area contributed by atoms with Crippen LogP contribution in [0.3, 0.4) is 0 Å². The first-order valence-corrected chi connectivity index (χ1v) is 6.16. The fourth-order valence-corrected chi connectivity index (χ4v) is 3.13. The monoisotopic (exact) mass is 234 g/mol. The van der Waals surface area contributed by atoms with Crippen LogP contribution < -0.4 is 4.74 Å². The normalized spacial score (nSPS) is 35.9. The van der Waals surface area contributed by atoms with Crippen LogP contribution in [0.1, 0.15) is 18.4 Å². The number of aromatic nitrogens is 1. The minimum Gasteiger partial charge on any atom is -0.495 e. The van der Waals surface area contributed by atoms with E-state index in [2.05, 4.69) is 9.88 Å². The van der Waals surface area contributed by atoms with Gasteiger partial charge >= 0.3 is 0 Å². The van der Waals surface area contributed by atoms with Gasteiger partial charge in [-0.1, -0.05) is 0 Å². The smallest absolute Gasteiger partial charge is 0.137 e. The molecule has 0 amide bonds. The van der Waals surface area contributed by atoms with Crippen LogP contribution in [0.4, 0.5) is 0 Å². The SMILES string of the molecule is COc1cncc(C2(O)CN3CCC2CC3)c1. The molecule has 4 heterocycles. The zero-order valence-corrected chi connectivity index (χ0v) is 10.1. The zero-order chi connectivity index (χ0) is 11.9. The Morgan fingerprint density at radius 1 is 1.41 bits per heavy atom. The molecule has 3 fully saturated rings. The minimum absolute atomic E-state index is 0.362.